The first-order valence-electron chi connectivity index (χ1n) is 2.92. The van der Waals surface area contributed by atoms with Gasteiger partial charge in [-0.05, 0) is 19.4 Å². The molecule has 0 saturated carbocycles. The van der Waals surface area contributed by atoms with Crippen LogP contribution in [-0.2, 0) is 4.79 Å². The molecule has 0 aromatic heterocycles. The summed E-state index contributed by atoms with van der Waals surface area (Å²) in [6.07, 6.45) is 4.24. The Bertz CT molecular complexity index is 92.7. The quantitative estimate of drug-likeness (QED) is 0.410. The SMILES string of the molecule is C=CC(C)=O.C=CCC. The molecule has 9 heavy (non-hydrogen) atoms. The summed E-state index contributed by atoms with van der Waals surface area (Å²) in [6, 6.07) is 0. The van der Waals surface area contributed by atoms with Crippen LogP contribution in [0.3, 0.4) is 0 Å². The molecule has 52 valence electrons. The molecule has 0 aliphatic carbocycles. The zero-order chi connectivity index (χ0) is 7.70. The standard InChI is InChI=1S/C4H6O.C4H8/c1-3-4(2)5;1-3-4-2/h3H,1H2,2H3;3H,1,4H2,2H3. The van der Waals surface area contributed by atoms with Crippen molar-refractivity contribution in [3.63, 3.8) is 0 Å². The number of hydrogen-bond acceptors (Lipinski definition) is 1. The van der Waals surface area contributed by atoms with E-state index in [0.29, 0.717) is 0 Å². The third-order valence-corrected chi connectivity index (χ3v) is 0.576. The van der Waals surface area contributed by atoms with Gasteiger partial charge in [-0.2, -0.15) is 0 Å². The smallest absolute Gasteiger partial charge is 0.152 e. The summed E-state index contributed by atoms with van der Waals surface area (Å²) in [5.74, 6) is 0.0185. The molecule has 0 rings (SSSR count). The molecule has 0 atom stereocenters. The Balaban J connectivity index is 0. The van der Waals surface area contributed by atoms with E-state index in [1.165, 1.54) is 13.0 Å². The van der Waals surface area contributed by atoms with Crippen LogP contribution in [0.4, 0.5) is 0 Å². The van der Waals surface area contributed by atoms with Crippen molar-refractivity contribution >= 4 is 5.78 Å². The molecule has 0 fully saturated rings. The highest BCUT2D eigenvalue weighted by atomic mass is 16.1. The summed E-state index contributed by atoms with van der Waals surface area (Å²) < 4.78 is 0. The van der Waals surface area contributed by atoms with Crippen molar-refractivity contribution in [2.75, 3.05) is 0 Å². The van der Waals surface area contributed by atoms with E-state index in [-0.39, 0.29) is 5.78 Å². The highest BCUT2D eigenvalue weighted by molar-refractivity contribution is 5.86. The average Bonchev–Trinajstić information content (AvgIpc) is 1.89. The predicted octanol–water partition coefficient (Wildman–Crippen LogP) is 2.34. The molecule has 0 spiro atoms. The van der Waals surface area contributed by atoms with Crippen LogP contribution >= 0.6 is 0 Å². The van der Waals surface area contributed by atoms with E-state index < -0.39 is 0 Å². The van der Waals surface area contributed by atoms with E-state index in [9.17, 15) is 4.79 Å². The maximum atomic E-state index is 9.69. The van der Waals surface area contributed by atoms with Crippen LogP contribution in [0.25, 0.3) is 0 Å². The minimum absolute atomic E-state index is 0.0185. The summed E-state index contributed by atoms with van der Waals surface area (Å²) in [5.41, 5.74) is 0. The average molecular weight is 126 g/mol. The van der Waals surface area contributed by atoms with Crippen molar-refractivity contribution in [1.29, 1.82) is 0 Å². The lowest BCUT2D eigenvalue weighted by Gasteiger charge is -1.62. The Labute approximate surface area is 57.1 Å². The Morgan fingerprint density at radius 3 is 1.78 bits per heavy atom. The molecule has 0 saturated heterocycles. The maximum absolute atomic E-state index is 9.69. The fraction of sp³-hybridized carbons (Fsp3) is 0.375. The van der Waals surface area contributed by atoms with Crippen molar-refractivity contribution in [2.24, 2.45) is 0 Å². The largest absolute Gasteiger partial charge is 0.295 e. The van der Waals surface area contributed by atoms with Crippen LogP contribution in [0, 0.1) is 0 Å². The molecular weight excluding hydrogens is 112 g/mol. The van der Waals surface area contributed by atoms with Gasteiger partial charge in [0.1, 0.15) is 0 Å². The third kappa shape index (κ3) is 41.0. The molecule has 0 aromatic carbocycles. The van der Waals surface area contributed by atoms with Gasteiger partial charge >= 0.3 is 0 Å². The molecular formula is C8H14O. The molecule has 0 radical (unpaired) electrons. The molecule has 1 heteroatoms. The van der Waals surface area contributed by atoms with Gasteiger partial charge in [-0.15, -0.1) is 6.58 Å². The molecule has 0 aromatic rings. The molecule has 0 aliphatic heterocycles. The minimum atomic E-state index is 0.0185. The number of carbonyl (C=O) groups is 1. The monoisotopic (exact) mass is 126 g/mol. The van der Waals surface area contributed by atoms with Crippen LogP contribution in [-0.4, -0.2) is 5.78 Å². The van der Waals surface area contributed by atoms with Gasteiger partial charge in [0, 0.05) is 0 Å². The van der Waals surface area contributed by atoms with Crippen LogP contribution in [0.1, 0.15) is 20.3 Å². The zero-order valence-electron chi connectivity index (χ0n) is 6.18. The van der Waals surface area contributed by atoms with Crippen molar-refractivity contribution in [2.45, 2.75) is 20.3 Å². The molecule has 0 unspecified atom stereocenters. The van der Waals surface area contributed by atoms with E-state index in [4.69, 9.17) is 0 Å². The van der Waals surface area contributed by atoms with Gasteiger partial charge in [0.2, 0.25) is 0 Å². The number of allylic oxidation sites excluding steroid dienone is 2. The second-order valence-electron chi connectivity index (χ2n) is 1.51. The van der Waals surface area contributed by atoms with Gasteiger partial charge in [0.05, 0.1) is 0 Å². The zero-order valence-corrected chi connectivity index (χ0v) is 6.18. The fourth-order valence-corrected chi connectivity index (χ4v) is 0. The second-order valence-corrected chi connectivity index (χ2v) is 1.51. The van der Waals surface area contributed by atoms with E-state index in [1.807, 2.05) is 6.08 Å². The van der Waals surface area contributed by atoms with Gasteiger partial charge < -0.3 is 0 Å². The molecule has 0 heterocycles. The van der Waals surface area contributed by atoms with Crippen LogP contribution < -0.4 is 0 Å². The predicted molar refractivity (Wildman–Crippen MR) is 41.4 cm³/mol. The third-order valence-electron chi connectivity index (χ3n) is 0.576. The Morgan fingerprint density at radius 2 is 1.78 bits per heavy atom. The molecule has 0 aliphatic rings. The van der Waals surface area contributed by atoms with Crippen LogP contribution in [0.2, 0.25) is 0 Å². The lowest BCUT2D eigenvalue weighted by Crippen LogP contribution is -1.74. The number of hydrogen-bond donors (Lipinski definition) is 0. The van der Waals surface area contributed by atoms with Crippen LogP contribution in [0.5, 0.6) is 0 Å². The minimum Gasteiger partial charge on any atom is -0.295 e. The van der Waals surface area contributed by atoms with E-state index in [1.54, 1.807) is 0 Å². The first-order valence-corrected chi connectivity index (χ1v) is 2.92. The second kappa shape index (κ2) is 10.2. The normalized spacial score (nSPS) is 6.44. The van der Waals surface area contributed by atoms with Gasteiger partial charge in [-0.25, -0.2) is 0 Å². The molecule has 0 amide bonds. The van der Waals surface area contributed by atoms with Crippen LogP contribution in [0.15, 0.2) is 25.3 Å². The Hall–Kier alpha value is -0.850. The lowest BCUT2D eigenvalue weighted by molar-refractivity contribution is -0.112. The lowest BCUT2D eigenvalue weighted by atomic mass is 10.5. The van der Waals surface area contributed by atoms with Crippen molar-refractivity contribution in [1.82, 2.24) is 0 Å². The number of carbonyl (C=O) groups excluding carboxylic acids is 1. The summed E-state index contributed by atoms with van der Waals surface area (Å²) in [5, 5.41) is 0. The molecule has 1 nitrogen and oxygen atoms in total. The summed E-state index contributed by atoms with van der Waals surface area (Å²) in [4.78, 5) is 9.69. The summed E-state index contributed by atoms with van der Waals surface area (Å²) >= 11 is 0. The van der Waals surface area contributed by atoms with Gasteiger partial charge in [0.15, 0.2) is 5.78 Å². The van der Waals surface area contributed by atoms with Gasteiger partial charge in [-0.3, -0.25) is 4.79 Å². The first kappa shape index (κ1) is 11.0. The van der Waals surface area contributed by atoms with Crippen molar-refractivity contribution < 1.29 is 4.79 Å². The Morgan fingerprint density at radius 1 is 1.56 bits per heavy atom. The number of rotatable bonds is 2. The number of ketones is 1. The van der Waals surface area contributed by atoms with E-state index in [2.05, 4.69) is 20.1 Å². The molecule has 0 N–H and O–H groups in total. The van der Waals surface area contributed by atoms with Crippen molar-refractivity contribution in [3.8, 4) is 0 Å². The highest BCUT2D eigenvalue weighted by Crippen LogP contribution is 1.66. The van der Waals surface area contributed by atoms with E-state index >= 15 is 0 Å². The fourth-order valence-electron chi connectivity index (χ4n) is 0. The summed E-state index contributed by atoms with van der Waals surface area (Å²) in [6.45, 7) is 10.2. The van der Waals surface area contributed by atoms with E-state index in [0.717, 1.165) is 6.42 Å². The Kier molecular flexibility index (Phi) is 12.5. The first-order chi connectivity index (χ1) is 4.18. The van der Waals surface area contributed by atoms with Crippen molar-refractivity contribution in [3.05, 3.63) is 25.3 Å². The van der Waals surface area contributed by atoms with Gasteiger partial charge in [-0.1, -0.05) is 19.6 Å². The highest BCUT2D eigenvalue weighted by Gasteiger charge is 1.69. The van der Waals surface area contributed by atoms with Gasteiger partial charge in [0.25, 0.3) is 0 Å². The topological polar surface area (TPSA) is 17.1 Å². The maximum Gasteiger partial charge on any atom is 0.152 e. The molecule has 0 bridgehead atoms. The summed E-state index contributed by atoms with van der Waals surface area (Å²) in [7, 11) is 0.